The number of methoxy groups -OCH3 is 1. The highest BCUT2D eigenvalue weighted by Gasteiger charge is 2.15. The van der Waals surface area contributed by atoms with Crippen LogP contribution in [0.25, 0.3) is 10.8 Å². The molecule has 0 aliphatic rings. The summed E-state index contributed by atoms with van der Waals surface area (Å²) in [6.45, 7) is 1.78. The lowest BCUT2D eigenvalue weighted by molar-refractivity contribution is -0.118. The van der Waals surface area contributed by atoms with E-state index in [1.165, 1.54) is 0 Å². The van der Waals surface area contributed by atoms with E-state index in [0.717, 1.165) is 22.1 Å². The topological polar surface area (TPSA) is 90.7 Å². The van der Waals surface area contributed by atoms with Gasteiger partial charge in [-0.2, -0.15) is 4.99 Å². The van der Waals surface area contributed by atoms with E-state index in [-0.39, 0.29) is 17.8 Å². The third kappa shape index (κ3) is 2.88. The van der Waals surface area contributed by atoms with Crippen molar-refractivity contribution in [2.75, 3.05) is 7.11 Å². The molecule has 2 aromatic carbocycles. The summed E-state index contributed by atoms with van der Waals surface area (Å²) in [7, 11) is 1.63. The second kappa shape index (κ2) is 5.61. The number of rotatable bonds is 3. The van der Waals surface area contributed by atoms with Gasteiger partial charge in [0.1, 0.15) is 5.75 Å². The van der Waals surface area contributed by atoms with E-state index in [1.54, 1.807) is 14.0 Å². The highest BCUT2D eigenvalue weighted by molar-refractivity contribution is 5.95. The minimum absolute atomic E-state index is 0.215. The number of nitrogens with zero attached hydrogens (tertiary/aromatic N) is 1. The summed E-state index contributed by atoms with van der Waals surface area (Å²) in [4.78, 5) is 15.4. The lowest BCUT2D eigenvalue weighted by Crippen LogP contribution is -2.25. The fraction of sp³-hybridized carbons (Fsp3) is 0.200. The van der Waals surface area contributed by atoms with E-state index >= 15 is 0 Å². The van der Waals surface area contributed by atoms with Crippen LogP contribution in [0.2, 0.25) is 0 Å². The van der Waals surface area contributed by atoms with Crippen molar-refractivity contribution in [1.29, 1.82) is 0 Å². The average molecular weight is 271 g/mol. The Bertz CT molecular complexity index is 676. The van der Waals surface area contributed by atoms with Gasteiger partial charge in [-0.1, -0.05) is 24.3 Å². The Morgan fingerprint density at radius 1 is 1.15 bits per heavy atom. The largest absolute Gasteiger partial charge is 0.497 e. The Kier molecular flexibility index (Phi) is 3.89. The van der Waals surface area contributed by atoms with E-state index in [1.807, 2.05) is 36.4 Å². The third-order valence-corrected chi connectivity index (χ3v) is 3.18. The molecule has 2 rings (SSSR count). The second-order valence-electron chi connectivity index (χ2n) is 4.57. The Morgan fingerprint density at radius 3 is 2.45 bits per heavy atom. The SMILES string of the molecule is COc1ccc2cc(C(C)C(=O)N=C(N)N)ccc2c1. The van der Waals surface area contributed by atoms with Gasteiger partial charge in [-0.15, -0.1) is 0 Å². The highest BCUT2D eigenvalue weighted by atomic mass is 16.5. The molecule has 1 amide bonds. The summed E-state index contributed by atoms with van der Waals surface area (Å²) in [5.74, 6) is -0.149. The normalized spacial score (nSPS) is 11.9. The first-order valence-electron chi connectivity index (χ1n) is 6.22. The number of aliphatic imine (C=N–C) groups is 1. The van der Waals surface area contributed by atoms with Gasteiger partial charge in [-0.05, 0) is 35.4 Å². The third-order valence-electron chi connectivity index (χ3n) is 3.18. The molecule has 0 aliphatic heterocycles. The molecule has 5 heteroatoms. The molecule has 0 bridgehead atoms. The van der Waals surface area contributed by atoms with Crippen LogP contribution in [-0.4, -0.2) is 19.0 Å². The number of benzene rings is 2. The molecule has 2 aromatic rings. The van der Waals surface area contributed by atoms with E-state index in [4.69, 9.17) is 16.2 Å². The number of carbonyl (C=O) groups excluding carboxylic acids is 1. The fourth-order valence-corrected chi connectivity index (χ4v) is 2.01. The maximum Gasteiger partial charge on any atom is 0.256 e. The number of hydrogen-bond donors (Lipinski definition) is 2. The highest BCUT2D eigenvalue weighted by Crippen LogP contribution is 2.25. The quantitative estimate of drug-likeness (QED) is 0.657. The molecule has 4 N–H and O–H groups in total. The number of guanidine groups is 1. The van der Waals surface area contributed by atoms with Crippen LogP contribution in [0.1, 0.15) is 18.4 Å². The molecule has 0 fully saturated rings. The van der Waals surface area contributed by atoms with Gasteiger partial charge in [0.2, 0.25) is 0 Å². The van der Waals surface area contributed by atoms with Gasteiger partial charge < -0.3 is 16.2 Å². The molecular weight excluding hydrogens is 254 g/mol. The minimum atomic E-state index is -0.386. The molecule has 0 saturated heterocycles. The van der Waals surface area contributed by atoms with Gasteiger partial charge in [0.25, 0.3) is 5.91 Å². The molecule has 1 atom stereocenters. The molecule has 20 heavy (non-hydrogen) atoms. The summed E-state index contributed by atoms with van der Waals surface area (Å²) in [6, 6.07) is 11.6. The maximum atomic E-state index is 11.8. The van der Waals surface area contributed by atoms with Crippen molar-refractivity contribution >= 4 is 22.6 Å². The van der Waals surface area contributed by atoms with Crippen molar-refractivity contribution in [2.24, 2.45) is 16.5 Å². The molecular formula is C15H17N3O2. The molecule has 0 heterocycles. The summed E-state index contributed by atoms with van der Waals surface area (Å²) >= 11 is 0. The van der Waals surface area contributed by atoms with Crippen LogP contribution in [0.5, 0.6) is 5.75 Å². The van der Waals surface area contributed by atoms with Crippen molar-refractivity contribution in [3.63, 3.8) is 0 Å². The van der Waals surface area contributed by atoms with Crippen LogP contribution < -0.4 is 16.2 Å². The average Bonchev–Trinajstić information content (AvgIpc) is 2.44. The van der Waals surface area contributed by atoms with Crippen molar-refractivity contribution in [3.05, 3.63) is 42.0 Å². The first-order chi connectivity index (χ1) is 9.51. The predicted octanol–water partition coefficient (Wildman–Crippen LogP) is 1.75. The number of hydrogen-bond acceptors (Lipinski definition) is 2. The minimum Gasteiger partial charge on any atom is -0.497 e. The van der Waals surface area contributed by atoms with Crippen LogP contribution in [0.15, 0.2) is 41.4 Å². The maximum absolute atomic E-state index is 11.8. The van der Waals surface area contributed by atoms with E-state index in [0.29, 0.717) is 0 Å². The molecule has 1 unspecified atom stereocenters. The van der Waals surface area contributed by atoms with Crippen molar-refractivity contribution in [1.82, 2.24) is 0 Å². The summed E-state index contributed by atoms with van der Waals surface area (Å²) < 4.78 is 5.18. The summed E-state index contributed by atoms with van der Waals surface area (Å²) in [6.07, 6.45) is 0. The predicted molar refractivity (Wildman–Crippen MR) is 79.7 cm³/mol. The summed E-state index contributed by atoms with van der Waals surface area (Å²) in [5, 5.41) is 2.09. The molecule has 0 saturated carbocycles. The van der Waals surface area contributed by atoms with E-state index in [9.17, 15) is 4.79 Å². The van der Waals surface area contributed by atoms with Crippen LogP contribution in [-0.2, 0) is 4.79 Å². The van der Waals surface area contributed by atoms with Gasteiger partial charge in [0.15, 0.2) is 5.96 Å². The molecule has 0 spiro atoms. The van der Waals surface area contributed by atoms with E-state index in [2.05, 4.69) is 4.99 Å². The zero-order valence-electron chi connectivity index (χ0n) is 11.5. The smallest absolute Gasteiger partial charge is 0.256 e. The standard InChI is InChI=1S/C15H17N3O2/c1-9(14(19)18-15(16)17)10-3-4-12-8-13(20-2)6-5-11(12)7-10/h3-9H,1-2H3,(H4,16,17,18,19). The molecule has 5 nitrogen and oxygen atoms in total. The van der Waals surface area contributed by atoms with E-state index < -0.39 is 0 Å². The number of nitrogens with two attached hydrogens (primary N) is 2. The Morgan fingerprint density at radius 2 is 1.80 bits per heavy atom. The van der Waals surface area contributed by atoms with Crippen LogP contribution >= 0.6 is 0 Å². The van der Waals surface area contributed by atoms with Crippen molar-refractivity contribution < 1.29 is 9.53 Å². The zero-order chi connectivity index (χ0) is 14.7. The Balaban J connectivity index is 2.36. The van der Waals surface area contributed by atoms with Gasteiger partial charge in [0, 0.05) is 0 Å². The molecule has 0 aliphatic carbocycles. The van der Waals surface area contributed by atoms with Gasteiger partial charge >= 0.3 is 0 Å². The van der Waals surface area contributed by atoms with Crippen LogP contribution in [0.3, 0.4) is 0 Å². The van der Waals surface area contributed by atoms with Crippen molar-refractivity contribution in [3.8, 4) is 5.75 Å². The molecule has 0 aromatic heterocycles. The Hall–Kier alpha value is -2.56. The number of ether oxygens (including phenoxy) is 1. The first-order valence-corrected chi connectivity index (χ1v) is 6.22. The molecule has 104 valence electrons. The second-order valence-corrected chi connectivity index (χ2v) is 4.57. The van der Waals surface area contributed by atoms with Crippen LogP contribution in [0, 0.1) is 0 Å². The van der Waals surface area contributed by atoms with Crippen molar-refractivity contribution in [2.45, 2.75) is 12.8 Å². The van der Waals surface area contributed by atoms with Gasteiger partial charge in [-0.3, -0.25) is 4.79 Å². The van der Waals surface area contributed by atoms with Gasteiger partial charge in [0.05, 0.1) is 13.0 Å². The fourth-order valence-electron chi connectivity index (χ4n) is 2.01. The number of carbonyl (C=O) groups is 1. The monoisotopic (exact) mass is 271 g/mol. The zero-order valence-corrected chi connectivity index (χ0v) is 11.5. The number of fused-ring (bicyclic) bond motifs is 1. The summed E-state index contributed by atoms with van der Waals surface area (Å²) in [5.41, 5.74) is 11.3. The number of amides is 1. The van der Waals surface area contributed by atoms with Crippen LogP contribution in [0.4, 0.5) is 0 Å². The lowest BCUT2D eigenvalue weighted by atomic mass is 9.97. The Labute approximate surface area is 117 Å². The van der Waals surface area contributed by atoms with Gasteiger partial charge in [-0.25, -0.2) is 0 Å². The lowest BCUT2D eigenvalue weighted by Gasteiger charge is -2.10. The first kappa shape index (κ1) is 13.9. The molecule has 0 radical (unpaired) electrons.